The average molecular weight is 389 g/mol. The molecule has 1 saturated heterocycles. The van der Waals surface area contributed by atoms with Crippen LogP contribution in [-0.2, 0) is 16.0 Å². The number of benzene rings is 2. The van der Waals surface area contributed by atoms with Gasteiger partial charge in [0.25, 0.3) is 5.56 Å². The van der Waals surface area contributed by atoms with E-state index in [1.807, 2.05) is 61.5 Å². The number of anilines is 1. The number of hydrogen-bond donors (Lipinski definition) is 2. The van der Waals surface area contributed by atoms with Crippen LogP contribution >= 0.6 is 0 Å². The topological polar surface area (TPSA) is 82.3 Å². The molecule has 1 unspecified atom stereocenters. The first-order valence-electron chi connectivity index (χ1n) is 9.77. The highest BCUT2D eigenvalue weighted by Crippen LogP contribution is 2.24. The lowest BCUT2D eigenvalue weighted by atomic mass is 10.1. The van der Waals surface area contributed by atoms with E-state index in [2.05, 4.69) is 10.3 Å². The van der Waals surface area contributed by atoms with Crippen molar-refractivity contribution in [2.24, 2.45) is 5.92 Å². The highest BCUT2D eigenvalue weighted by atomic mass is 16.2. The summed E-state index contributed by atoms with van der Waals surface area (Å²) in [6, 6.07) is 17.2. The summed E-state index contributed by atoms with van der Waals surface area (Å²) in [6.07, 6.45) is 0.643. The van der Waals surface area contributed by atoms with Crippen LogP contribution in [0, 0.1) is 12.8 Å². The maximum atomic E-state index is 12.5. The van der Waals surface area contributed by atoms with Gasteiger partial charge in [-0.05, 0) is 48.6 Å². The second-order valence-corrected chi connectivity index (χ2v) is 7.50. The highest BCUT2D eigenvalue weighted by Gasteiger charge is 2.34. The predicted octanol–water partition coefficient (Wildman–Crippen LogP) is 2.55. The van der Waals surface area contributed by atoms with Crippen molar-refractivity contribution < 1.29 is 9.59 Å². The molecule has 6 nitrogen and oxygen atoms in total. The fourth-order valence-corrected chi connectivity index (χ4v) is 3.75. The van der Waals surface area contributed by atoms with E-state index in [-0.39, 0.29) is 29.7 Å². The van der Waals surface area contributed by atoms with Crippen molar-refractivity contribution >= 4 is 28.4 Å². The lowest BCUT2D eigenvalue weighted by Crippen LogP contribution is -2.34. The number of amides is 2. The molecule has 6 heteroatoms. The van der Waals surface area contributed by atoms with Crippen molar-refractivity contribution in [3.05, 3.63) is 76.1 Å². The van der Waals surface area contributed by atoms with Gasteiger partial charge < -0.3 is 15.2 Å². The Bertz CT molecular complexity index is 1120. The van der Waals surface area contributed by atoms with Gasteiger partial charge in [0.1, 0.15) is 0 Å². The smallest absolute Gasteiger partial charge is 0.251 e. The van der Waals surface area contributed by atoms with E-state index in [9.17, 15) is 14.4 Å². The van der Waals surface area contributed by atoms with Crippen LogP contribution in [0.4, 0.5) is 5.69 Å². The molecule has 2 amide bonds. The monoisotopic (exact) mass is 389 g/mol. The standard InChI is InChI=1S/C23H23N3O3/c1-15-7-8-16-12-17(23(29)25-20(16)11-15)9-10-24-22(28)18-13-21(27)26(14-18)19-5-3-2-4-6-19/h2-8,11-12,18H,9-10,13-14H2,1H3,(H,24,28)(H,25,29). The molecule has 2 aromatic carbocycles. The van der Waals surface area contributed by atoms with Gasteiger partial charge in [0.2, 0.25) is 11.8 Å². The maximum absolute atomic E-state index is 12.5. The molecule has 1 aliphatic heterocycles. The predicted molar refractivity (Wildman–Crippen MR) is 113 cm³/mol. The zero-order valence-electron chi connectivity index (χ0n) is 16.3. The molecule has 1 atom stereocenters. The first-order valence-corrected chi connectivity index (χ1v) is 9.77. The van der Waals surface area contributed by atoms with Crippen molar-refractivity contribution in [2.45, 2.75) is 19.8 Å². The average Bonchev–Trinajstić information content (AvgIpc) is 3.11. The van der Waals surface area contributed by atoms with Gasteiger partial charge in [-0.25, -0.2) is 0 Å². The minimum atomic E-state index is -0.374. The number of rotatable bonds is 5. The number of carbonyl (C=O) groups excluding carboxylic acids is 2. The normalized spacial score (nSPS) is 16.4. The van der Waals surface area contributed by atoms with E-state index in [0.29, 0.717) is 25.1 Å². The van der Waals surface area contributed by atoms with Crippen LogP contribution in [0.3, 0.4) is 0 Å². The number of para-hydroxylation sites is 1. The number of fused-ring (bicyclic) bond motifs is 1. The van der Waals surface area contributed by atoms with Gasteiger partial charge in [-0.2, -0.15) is 0 Å². The van der Waals surface area contributed by atoms with Gasteiger partial charge in [0, 0.05) is 36.3 Å². The molecule has 0 spiro atoms. The third-order valence-electron chi connectivity index (χ3n) is 5.34. The van der Waals surface area contributed by atoms with Crippen molar-refractivity contribution in [2.75, 3.05) is 18.0 Å². The lowest BCUT2D eigenvalue weighted by molar-refractivity contribution is -0.126. The summed E-state index contributed by atoms with van der Waals surface area (Å²) in [4.78, 5) is 41.7. The fourth-order valence-electron chi connectivity index (χ4n) is 3.75. The third kappa shape index (κ3) is 4.06. The summed E-state index contributed by atoms with van der Waals surface area (Å²) in [7, 11) is 0. The second-order valence-electron chi connectivity index (χ2n) is 7.50. The third-order valence-corrected chi connectivity index (χ3v) is 5.34. The summed E-state index contributed by atoms with van der Waals surface area (Å²) in [5.74, 6) is -0.567. The molecule has 0 saturated carbocycles. The van der Waals surface area contributed by atoms with Gasteiger partial charge in [-0.15, -0.1) is 0 Å². The maximum Gasteiger partial charge on any atom is 0.251 e. The van der Waals surface area contributed by atoms with Gasteiger partial charge in [-0.1, -0.05) is 30.3 Å². The van der Waals surface area contributed by atoms with Crippen LogP contribution in [-0.4, -0.2) is 29.9 Å². The van der Waals surface area contributed by atoms with Crippen molar-refractivity contribution in [3.63, 3.8) is 0 Å². The Morgan fingerprint density at radius 3 is 2.72 bits per heavy atom. The van der Waals surface area contributed by atoms with E-state index in [1.54, 1.807) is 4.90 Å². The Kier molecular flexibility index (Phi) is 5.16. The number of nitrogens with one attached hydrogen (secondary N) is 2. The Morgan fingerprint density at radius 2 is 1.93 bits per heavy atom. The molecule has 4 rings (SSSR count). The van der Waals surface area contributed by atoms with Crippen LogP contribution < -0.4 is 15.8 Å². The molecule has 2 N–H and O–H groups in total. The number of aromatic amines is 1. The minimum Gasteiger partial charge on any atom is -0.355 e. The number of pyridine rings is 1. The molecule has 0 aliphatic carbocycles. The molecule has 3 aromatic rings. The van der Waals surface area contributed by atoms with E-state index in [1.165, 1.54) is 0 Å². The summed E-state index contributed by atoms with van der Waals surface area (Å²) in [5, 5.41) is 3.85. The zero-order valence-corrected chi connectivity index (χ0v) is 16.3. The van der Waals surface area contributed by atoms with Crippen LogP contribution in [0.1, 0.15) is 17.5 Å². The minimum absolute atomic E-state index is 0.0439. The van der Waals surface area contributed by atoms with Crippen LogP contribution in [0.15, 0.2) is 59.4 Å². The number of aromatic nitrogens is 1. The number of carbonyl (C=O) groups is 2. The van der Waals surface area contributed by atoms with E-state index in [0.717, 1.165) is 22.2 Å². The molecule has 1 aromatic heterocycles. The molecule has 1 fully saturated rings. The Morgan fingerprint density at radius 1 is 1.14 bits per heavy atom. The summed E-state index contributed by atoms with van der Waals surface area (Å²) >= 11 is 0. The number of nitrogens with zero attached hydrogens (tertiary/aromatic N) is 1. The van der Waals surface area contributed by atoms with Crippen LogP contribution in [0.25, 0.3) is 10.9 Å². The van der Waals surface area contributed by atoms with Crippen molar-refractivity contribution in [3.8, 4) is 0 Å². The Hall–Kier alpha value is -3.41. The van der Waals surface area contributed by atoms with Crippen molar-refractivity contribution in [1.29, 1.82) is 0 Å². The molecular formula is C23H23N3O3. The largest absolute Gasteiger partial charge is 0.355 e. The van der Waals surface area contributed by atoms with Gasteiger partial charge in [-0.3, -0.25) is 14.4 Å². The van der Waals surface area contributed by atoms with Crippen molar-refractivity contribution in [1.82, 2.24) is 10.3 Å². The van der Waals surface area contributed by atoms with Crippen LogP contribution in [0.5, 0.6) is 0 Å². The molecule has 1 aliphatic rings. The van der Waals surface area contributed by atoms with Gasteiger partial charge >= 0.3 is 0 Å². The SMILES string of the molecule is Cc1ccc2cc(CCNC(=O)C3CC(=O)N(c4ccccc4)C3)c(=O)[nH]c2c1. The molecule has 0 radical (unpaired) electrons. The van der Waals surface area contributed by atoms with Crippen LogP contribution in [0.2, 0.25) is 0 Å². The first kappa shape index (κ1) is 18.9. The van der Waals surface area contributed by atoms with Gasteiger partial charge in [0.15, 0.2) is 0 Å². The van der Waals surface area contributed by atoms with E-state index >= 15 is 0 Å². The second kappa shape index (κ2) is 7.91. The Labute approximate surface area is 168 Å². The fraction of sp³-hybridized carbons (Fsp3) is 0.261. The number of hydrogen-bond acceptors (Lipinski definition) is 3. The summed E-state index contributed by atoms with van der Waals surface area (Å²) in [6.45, 7) is 2.72. The Balaban J connectivity index is 1.36. The lowest BCUT2D eigenvalue weighted by Gasteiger charge is -2.16. The first-order chi connectivity index (χ1) is 14.0. The molecule has 148 valence electrons. The van der Waals surface area contributed by atoms with E-state index in [4.69, 9.17) is 0 Å². The van der Waals surface area contributed by atoms with E-state index < -0.39 is 0 Å². The number of aryl methyl sites for hydroxylation is 1. The summed E-state index contributed by atoms with van der Waals surface area (Å²) < 4.78 is 0. The summed E-state index contributed by atoms with van der Waals surface area (Å²) in [5.41, 5.74) is 3.21. The number of H-pyrrole nitrogens is 1. The van der Waals surface area contributed by atoms with Gasteiger partial charge in [0.05, 0.1) is 5.92 Å². The molecule has 2 heterocycles. The highest BCUT2D eigenvalue weighted by molar-refractivity contribution is 6.00. The molecular weight excluding hydrogens is 366 g/mol. The quantitative estimate of drug-likeness (QED) is 0.704. The molecule has 0 bridgehead atoms. The molecule has 29 heavy (non-hydrogen) atoms. The zero-order chi connectivity index (χ0) is 20.4.